The third kappa shape index (κ3) is 1.73. The minimum absolute atomic E-state index is 0.364. The van der Waals surface area contributed by atoms with Gasteiger partial charge in [-0.15, -0.1) is 0 Å². The Labute approximate surface area is 98.0 Å². The first-order valence-corrected chi connectivity index (χ1v) is 5.22. The molecule has 2 aromatic rings. The van der Waals surface area contributed by atoms with Gasteiger partial charge in [-0.3, -0.25) is 0 Å². The molecule has 0 unspecified atom stereocenters. The Morgan fingerprint density at radius 2 is 2.29 bits per heavy atom. The summed E-state index contributed by atoms with van der Waals surface area (Å²) in [6.07, 6.45) is 0. The Kier molecular flexibility index (Phi) is 2.66. The second kappa shape index (κ2) is 3.80. The SMILES string of the molecule is S=c1nn[nH]n1-c1ccc(Br)c(Cl)c1. The van der Waals surface area contributed by atoms with Crippen LogP contribution in [0.3, 0.4) is 0 Å². The highest BCUT2D eigenvalue weighted by Gasteiger charge is 2.02. The number of tetrazole rings is 1. The van der Waals surface area contributed by atoms with Gasteiger partial charge in [-0.25, -0.2) is 4.68 Å². The van der Waals surface area contributed by atoms with Gasteiger partial charge in [-0.1, -0.05) is 21.9 Å². The molecule has 0 aliphatic carbocycles. The van der Waals surface area contributed by atoms with Gasteiger partial charge < -0.3 is 0 Å². The number of rotatable bonds is 1. The Balaban J connectivity index is 2.59. The molecular formula is C7H4BrClN4S. The zero-order valence-corrected chi connectivity index (χ0v) is 9.90. The number of hydrogen-bond donors (Lipinski definition) is 1. The van der Waals surface area contributed by atoms with Gasteiger partial charge in [0.25, 0.3) is 0 Å². The van der Waals surface area contributed by atoms with Gasteiger partial charge in [0.15, 0.2) is 0 Å². The maximum atomic E-state index is 5.93. The van der Waals surface area contributed by atoms with E-state index in [0.717, 1.165) is 10.2 Å². The lowest BCUT2D eigenvalue weighted by atomic mass is 10.3. The lowest BCUT2D eigenvalue weighted by molar-refractivity contribution is 0.786. The van der Waals surface area contributed by atoms with Crippen molar-refractivity contribution in [3.8, 4) is 5.69 Å². The van der Waals surface area contributed by atoms with Gasteiger partial charge in [-0.05, 0) is 46.3 Å². The van der Waals surface area contributed by atoms with Crippen LogP contribution in [-0.2, 0) is 0 Å². The van der Waals surface area contributed by atoms with Gasteiger partial charge in [0.05, 0.1) is 10.7 Å². The minimum atomic E-state index is 0.364. The molecule has 0 aliphatic rings. The van der Waals surface area contributed by atoms with Crippen LogP contribution in [0, 0.1) is 4.77 Å². The molecular weight excluding hydrogens is 288 g/mol. The molecule has 14 heavy (non-hydrogen) atoms. The maximum absolute atomic E-state index is 5.93. The highest BCUT2D eigenvalue weighted by molar-refractivity contribution is 9.10. The molecule has 0 saturated heterocycles. The molecule has 0 aliphatic heterocycles. The summed E-state index contributed by atoms with van der Waals surface area (Å²) in [6.45, 7) is 0. The van der Waals surface area contributed by atoms with E-state index in [1.54, 1.807) is 10.7 Å². The van der Waals surface area contributed by atoms with Crippen LogP contribution in [0.4, 0.5) is 0 Å². The summed E-state index contributed by atoms with van der Waals surface area (Å²) in [5, 5.41) is 10.5. The van der Waals surface area contributed by atoms with E-state index < -0.39 is 0 Å². The van der Waals surface area contributed by atoms with Crippen molar-refractivity contribution in [1.29, 1.82) is 0 Å². The molecule has 0 atom stereocenters. The van der Waals surface area contributed by atoms with Crippen LogP contribution < -0.4 is 0 Å². The van der Waals surface area contributed by atoms with Crippen molar-refractivity contribution in [2.45, 2.75) is 0 Å². The van der Waals surface area contributed by atoms with E-state index in [1.165, 1.54) is 0 Å². The summed E-state index contributed by atoms with van der Waals surface area (Å²) in [5.41, 5.74) is 0.799. The molecule has 1 N–H and O–H groups in total. The predicted molar refractivity (Wildman–Crippen MR) is 59.3 cm³/mol. The first-order valence-electron chi connectivity index (χ1n) is 3.64. The molecule has 0 amide bonds. The van der Waals surface area contributed by atoms with Crippen molar-refractivity contribution in [2.75, 3.05) is 0 Å². The molecule has 0 fully saturated rings. The maximum Gasteiger partial charge on any atom is 0.242 e. The third-order valence-electron chi connectivity index (χ3n) is 1.63. The Morgan fingerprint density at radius 3 is 2.86 bits per heavy atom. The molecule has 0 bridgehead atoms. The van der Waals surface area contributed by atoms with Crippen LogP contribution >= 0.6 is 39.7 Å². The number of halogens is 2. The molecule has 1 aromatic heterocycles. The first-order chi connectivity index (χ1) is 6.68. The van der Waals surface area contributed by atoms with Crippen molar-refractivity contribution < 1.29 is 0 Å². The number of H-pyrrole nitrogens is 1. The van der Waals surface area contributed by atoms with Crippen LogP contribution in [-0.4, -0.2) is 20.2 Å². The van der Waals surface area contributed by atoms with E-state index in [0.29, 0.717) is 9.79 Å². The number of nitrogens with zero attached hydrogens (tertiary/aromatic N) is 3. The first kappa shape index (κ1) is 9.82. The molecule has 7 heteroatoms. The highest BCUT2D eigenvalue weighted by Crippen LogP contribution is 2.24. The second-order valence-corrected chi connectivity index (χ2v) is 4.14. The van der Waals surface area contributed by atoms with Gasteiger partial charge in [0.1, 0.15) is 0 Å². The van der Waals surface area contributed by atoms with Gasteiger partial charge in [-0.2, -0.15) is 5.21 Å². The van der Waals surface area contributed by atoms with Crippen molar-refractivity contribution in [2.24, 2.45) is 0 Å². The van der Waals surface area contributed by atoms with Gasteiger partial charge >= 0.3 is 0 Å². The van der Waals surface area contributed by atoms with Crippen LogP contribution in [0.25, 0.3) is 5.69 Å². The average molecular weight is 292 g/mol. The van der Waals surface area contributed by atoms with Crippen LogP contribution in [0.1, 0.15) is 0 Å². The van der Waals surface area contributed by atoms with Crippen LogP contribution in [0.15, 0.2) is 22.7 Å². The fraction of sp³-hybridized carbons (Fsp3) is 0. The number of aromatic nitrogens is 4. The normalized spacial score (nSPS) is 10.4. The topological polar surface area (TPSA) is 46.5 Å². The van der Waals surface area contributed by atoms with E-state index in [-0.39, 0.29) is 0 Å². The summed E-state index contributed by atoms with van der Waals surface area (Å²) in [6, 6.07) is 5.45. The van der Waals surface area contributed by atoms with Crippen molar-refractivity contribution in [1.82, 2.24) is 20.2 Å². The Bertz CT molecular complexity index is 520. The standard InChI is InChI=1S/C7H4BrClN4S/c8-5-2-1-4(3-6(5)9)13-7(14)10-11-12-13/h1-3H,(H,10,12,14). The fourth-order valence-corrected chi connectivity index (χ4v) is 1.60. The van der Waals surface area contributed by atoms with E-state index in [1.807, 2.05) is 12.1 Å². The van der Waals surface area contributed by atoms with Gasteiger partial charge in [0, 0.05) is 4.47 Å². The fourth-order valence-electron chi connectivity index (χ4n) is 0.990. The van der Waals surface area contributed by atoms with E-state index in [2.05, 4.69) is 31.5 Å². The number of aromatic amines is 1. The molecule has 0 radical (unpaired) electrons. The minimum Gasteiger partial charge on any atom is -0.210 e. The highest BCUT2D eigenvalue weighted by atomic mass is 79.9. The average Bonchev–Trinajstić information content (AvgIpc) is 2.57. The lowest BCUT2D eigenvalue weighted by Crippen LogP contribution is -1.96. The molecule has 0 saturated carbocycles. The quantitative estimate of drug-likeness (QED) is 0.822. The molecule has 1 aromatic carbocycles. The summed E-state index contributed by atoms with van der Waals surface area (Å²) in [4.78, 5) is 0. The lowest BCUT2D eigenvalue weighted by Gasteiger charge is -2.01. The number of hydrogen-bond acceptors (Lipinski definition) is 3. The predicted octanol–water partition coefficient (Wildman–Crippen LogP) is 2.74. The molecule has 0 spiro atoms. The molecule has 4 nitrogen and oxygen atoms in total. The van der Waals surface area contributed by atoms with Crippen LogP contribution in [0.5, 0.6) is 0 Å². The van der Waals surface area contributed by atoms with Crippen molar-refractivity contribution in [3.05, 3.63) is 32.5 Å². The van der Waals surface area contributed by atoms with Gasteiger partial charge in [0.2, 0.25) is 4.77 Å². The van der Waals surface area contributed by atoms with Crippen LogP contribution in [0.2, 0.25) is 5.02 Å². The molecule has 1 heterocycles. The third-order valence-corrected chi connectivity index (χ3v) is 3.13. The number of nitrogens with one attached hydrogen (secondary N) is 1. The number of benzene rings is 1. The summed E-state index contributed by atoms with van der Waals surface area (Å²) in [7, 11) is 0. The smallest absolute Gasteiger partial charge is 0.210 e. The summed E-state index contributed by atoms with van der Waals surface area (Å²) in [5.74, 6) is 0. The van der Waals surface area contributed by atoms with E-state index in [4.69, 9.17) is 23.8 Å². The van der Waals surface area contributed by atoms with Crippen molar-refractivity contribution in [3.63, 3.8) is 0 Å². The molecule has 2 rings (SSSR count). The molecule has 72 valence electrons. The van der Waals surface area contributed by atoms with E-state index >= 15 is 0 Å². The van der Waals surface area contributed by atoms with E-state index in [9.17, 15) is 0 Å². The Morgan fingerprint density at radius 1 is 1.50 bits per heavy atom. The summed E-state index contributed by atoms with van der Waals surface area (Å²) >= 11 is 14.2. The second-order valence-electron chi connectivity index (χ2n) is 2.52. The van der Waals surface area contributed by atoms with Crippen molar-refractivity contribution >= 4 is 39.7 Å². The monoisotopic (exact) mass is 290 g/mol. The zero-order chi connectivity index (χ0) is 10.1. The summed E-state index contributed by atoms with van der Waals surface area (Å²) < 4.78 is 2.76. The largest absolute Gasteiger partial charge is 0.242 e. The Hall–Kier alpha value is -0.720. The zero-order valence-electron chi connectivity index (χ0n) is 6.74.